The van der Waals surface area contributed by atoms with Crippen molar-refractivity contribution in [2.24, 2.45) is 0 Å². The molecular formula is C18H19BrCl4N2. The molecular weight excluding hydrogens is 466 g/mol. The maximum absolute atomic E-state index is 6.12. The van der Waals surface area contributed by atoms with Gasteiger partial charge in [-0.3, -0.25) is 4.90 Å². The molecule has 2 aromatic rings. The van der Waals surface area contributed by atoms with E-state index in [1.165, 1.54) is 0 Å². The van der Waals surface area contributed by atoms with Crippen molar-refractivity contribution in [3.05, 3.63) is 67.6 Å². The summed E-state index contributed by atoms with van der Waals surface area (Å²) < 4.78 is 0. The largest absolute Gasteiger partial charge is 0.314 e. The van der Waals surface area contributed by atoms with E-state index in [0.717, 1.165) is 53.9 Å². The Morgan fingerprint density at radius 1 is 0.800 bits per heavy atom. The number of nitrogens with one attached hydrogen (secondary N) is 1. The van der Waals surface area contributed by atoms with Crippen molar-refractivity contribution < 1.29 is 0 Å². The average Bonchev–Trinajstić information content (AvgIpc) is 2.60. The van der Waals surface area contributed by atoms with E-state index in [0.29, 0.717) is 15.4 Å². The van der Waals surface area contributed by atoms with Crippen LogP contribution in [0.15, 0.2) is 36.4 Å². The highest BCUT2D eigenvalue weighted by molar-refractivity contribution is 9.08. The van der Waals surface area contributed by atoms with Gasteiger partial charge in [-0.2, -0.15) is 0 Å². The highest BCUT2D eigenvalue weighted by Gasteiger charge is 2.13. The van der Waals surface area contributed by atoms with Crippen LogP contribution in [-0.2, 0) is 11.9 Å². The maximum Gasteiger partial charge on any atom is 0.0465 e. The minimum Gasteiger partial charge on any atom is -0.314 e. The van der Waals surface area contributed by atoms with Crippen LogP contribution in [-0.4, -0.2) is 31.1 Å². The topological polar surface area (TPSA) is 15.3 Å². The molecule has 0 unspecified atom stereocenters. The first-order chi connectivity index (χ1) is 12.0. The summed E-state index contributed by atoms with van der Waals surface area (Å²) in [5, 5.41) is 6.98. The third kappa shape index (κ3) is 6.59. The van der Waals surface area contributed by atoms with Gasteiger partial charge in [-0.15, -0.1) is 0 Å². The van der Waals surface area contributed by atoms with E-state index in [1.807, 2.05) is 36.4 Å². The van der Waals surface area contributed by atoms with Gasteiger partial charge in [0.1, 0.15) is 0 Å². The van der Waals surface area contributed by atoms with Gasteiger partial charge in [-0.25, -0.2) is 0 Å². The monoisotopic (exact) mass is 482 g/mol. The van der Waals surface area contributed by atoms with Crippen molar-refractivity contribution in [3.8, 4) is 0 Å². The zero-order valence-corrected chi connectivity index (χ0v) is 18.2. The molecule has 0 bridgehead atoms. The van der Waals surface area contributed by atoms with E-state index in [-0.39, 0.29) is 0 Å². The molecule has 1 aliphatic heterocycles. The zero-order valence-electron chi connectivity index (χ0n) is 13.5. The molecule has 1 aliphatic rings. The number of nitrogens with zero attached hydrogens (tertiary/aromatic N) is 1. The normalized spacial score (nSPS) is 14.8. The number of benzene rings is 2. The Balaban J connectivity index is 0.000000196. The van der Waals surface area contributed by atoms with Crippen LogP contribution < -0.4 is 5.32 Å². The Hall–Kier alpha value is -0.000000000000000208. The quantitative estimate of drug-likeness (QED) is 0.515. The smallest absolute Gasteiger partial charge is 0.0465 e. The number of hydrogen-bond donors (Lipinski definition) is 1. The van der Waals surface area contributed by atoms with Crippen LogP contribution in [0, 0.1) is 0 Å². The van der Waals surface area contributed by atoms with Crippen LogP contribution in [0.3, 0.4) is 0 Å². The fourth-order valence-electron chi connectivity index (χ4n) is 2.44. The van der Waals surface area contributed by atoms with Gasteiger partial charge in [0.2, 0.25) is 0 Å². The average molecular weight is 485 g/mol. The Kier molecular flexibility index (Phi) is 9.36. The van der Waals surface area contributed by atoms with Gasteiger partial charge < -0.3 is 5.32 Å². The van der Waals surface area contributed by atoms with Crippen LogP contribution in [0.5, 0.6) is 0 Å². The zero-order chi connectivity index (χ0) is 18.2. The predicted octanol–water partition coefficient (Wildman–Crippen LogP) is 6.29. The molecule has 7 heteroatoms. The van der Waals surface area contributed by atoms with Crippen LogP contribution in [0.25, 0.3) is 0 Å². The van der Waals surface area contributed by atoms with Gasteiger partial charge in [0.25, 0.3) is 0 Å². The predicted molar refractivity (Wildman–Crippen MR) is 114 cm³/mol. The molecule has 1 heterocycles. The maximum atomic E-state index is 6.12. The second-order valence-corrected chi connectivity index (χ2v) is 7.75. The summed E-state index contributed by atoms with van der Waals surface area (Å²) in [6, 6.07) is 11.1. The van der Waals surface area contributed by atoms with Gasteiger partial charge >= 0.3 is 0 Å². The molecule has 0 radical (unpaired) electrons. The molecule has 136 valence electrons. The summed E-state index contributed by atoms with van der Waals surface area (Å²) in [6.07, 6.45) is 0. The molecule has 1 saturated heterocycles. The van der Waals surface area contributed by atoms with Gasteiger partial charge in [0, 0.05) is 63.7 Å². The van der Waals surface area contributed by atoms with E-state index in [4.69, 9.17) is 46.4 Å². The lowest BCUT2D eigenvalue weighted by Gasteiger charge is -2.27. The van der Waals surface area contributed by atoms with Crippen molar-refractivity contribution in [1.82, 2.24) is 10.2 Å². The molecule has 2 aromatic carbocycles. The first-order valence-corrected chi connectivity index (χ1v) is 10.5. The first-order valence-electron chi connectivity index (χ1n) is 7.87. The fourth-order valence-corrected chi connectivity index (χ4v) is 4.41. The summed E-state index contributed by atoms with van der Waals surface area (Å²) in [6.45, 7) is 5.05. The molecule has 25 heavy (non-hydrogen) atoms. The molecule has 1 fully saturated rings. The molecule has 0 aromatic heterocycles. The van der Waals surface area contributed by atoms with Crippen LogP contribution in [0.2, 0.25) is 20.1 Å². The van der Waals surface area contributed by atoms with E-state index < -0.39 is 0 Å². The molecule has 0 amide bonds. The molecule has 3 rings (SSSR count). The van der Waals surface area contributed by atoms with Crippen LogP contribution in [0.1, 0.15) is 11.1 Å². The van der Waals surface area contributed by atoms with Crippen molar-refractivity contribution in [2.75, 3.05) is 26.2 Å². The second-order valence-electron chi connectivity index (χ2n) is 5.56. The molecule has 0 atom stereocenters. The lowest BCUT2D eigenvalue weighted by molar-refractivity contribution is 0.233. The molecule has 0 saturated carbocycles. The summed E-state index contributed by atoms with van der Waals surface area (Å²) in [5.41, 5.74) is 1.99. The Labute approximate surface area is 177 Å². The minimum absolute atomic E-state index is 0.700. The fraction of sp³-hybridized carbons (Fsp3) is 0.333. The molecule has 2 nitrogen and oxygen atoms in total. The van der Waals surface area contributed by atoms with Crippen molar-refractivity contribution in [3.63, 3.8) is 0 Å². The SMILES string of the molecule is Clc1cccc(Cl)c1CBr.Clc1cccc(Cl)c1CN1CCNCC1. The summed E-state index contributed by atoms with van der Waals surface area (Å²) in [5.74, 6) is 0. The van der Waals surface area contributed by atoms with E-state index >= 15 is 0 Å². The summed E-state index contributed by atoms with van der Waals surface area (Å²) in [7, 11) is 0. The number of rotatable bonds is 3. The van der Waals surface area contributed by atoms with Crippen molar-refractivity contribution in [1.29, 1.82) is 0 Å². The molecule has 1 N–H and O–H groups in total. The highest BCUT2D eigenvalue weighted by Crippen LogP contribution is 2.26. The second kappa shape index (κ2) is 11.0. The third-order valence-corrected chi connectivity index (χ3v) is 5.83. The van der Waals surface area contributed by atoms with E-state index in [9.17, 15) is 0 Å². The van der Waals surface area contributed by atoms with E-state index in [1.54, 1.807) is 0 Å². The minimum atomic E-state index is 0.700. The standard InChI is InChI=1S/C11H14Cl2N2.C7H5BrCl2/c12-10-2-1-3-11(13)9(10)8-15-6-4-14-5-7-15;8-4-5-6(9)2-1-3-7(5)10/h1-3,14H,4-8H2;1-3H,4H2. The molecule has 0 spiro atoms. The number of piperazine rings is 1. The van der Waals surface area contributed by atoms with Gasteiger partial charge in [-0.1, -0.05) is 74.5 Å². The number of halogens is 5. The summed E-state index contributed by atoms with van der Waals surface area (Å²) >= 11 is 27.2. The number of alkyl halides is 1. The van der Waals surface area contributed by atoms with Crippen molar-refractivity contribution in [2.45, 2.75) is 11.9 Å². The lowest BCUT2D eigenvalue weighted by Crippen LogP contribution is -2.42. The number of hydrogen-bond acceptors (Lipinski definition) is 2. The Bertz CT molecular complexity index is 650. The van der Waals surface area contributed by atoms with Gasteiger partial charge in [-0.05, 0) is 29.8 Å². The summed E-state index contributed by atoms with van der Waals surface area (Å²) in [4.78, 5) is 2.36. The van der Waals surface area contributed by atoms with Gasteiger partial charge in [0.15, 0.2) is 0 Å². The highest BCUT2D eigenvalue weighted by atomic mass is 79.9. The van der Waals surface area contributed by atoms with E-state index in [2.05, 4.69) is 26.1 Å². The van der Waals surface area contributed by atoms with Gasteiger partial charge in [0.05, 0.1) is 0 Å². The van der Waals surface area contributed by atoms with Crippen molar-refractivity contribution >= 4 is 62.3 Å². The Morgan fingerprint density at radius 3 is 1.64 bits per heavy atom. The first kappa shape index (κ1) is 21.3. The Morgan fingerprint density at radius 2 is 1.24 bits per heavy atom. The van der Waals surface area contributed by atoms with Crippen LogP contribution in [0.4, 0.5) is 0 Å². The lowest BCUT2D eigenvalue weighted by atomic mass is 10.2. The van der Waals surface area contributed by atoms with Crippen LogP contribution >= 0.6 is 62.3 Å². The molecule has 0 aliphatic carbocycles. The third-order valence-electron chi connectivity index (χ3n) is 3.85.